The zero-order valence-corrected chi connectivity index (χ0v) is 11.7. The maximum atomic E-state index is 11.8. The van der Waals surface area contributed by atoms with Crippen LogP contribution in [0, 0.1) is 5.41 Å². The number of hydrogen-bond donors (Lipinski definition) is 3. The van der Waals surface area contributed by atoms with Gasteiger partial charge >= 0.3 is 6.03 Å². The Kier molecular flexibility index (Phi) is 5.88. The lowest BCUT2D eigenvalue weighted by atomic mass is 9.83. The Morgan fingerprint density at radius 1 is 1.44 bits per heavy atom. The fourth-order valence-electron chi connectivity index (χ4n) is 2.19. The Bertz CT molecular complexity index is 259. The van der Waals surface area contributed by atoms with E-state index >= 15 is 0 Å². The van der Waals surface area contributed by atoms with Gasteiger partial charge < -0.3 is 20.5 Å². The van der Waals surface area contributed by atoms with Crippen LogP contribution in [0.5, 0.6) is 0 Å². The molecule has 0 spiro atoms. The Labute approximate surface area is 109 Å². The Balaban J connectivity index is 2.36. The van der Waals surface area contributed by atoms with Gasteiger partial charge in [-0.2, -0.15) is 0 Å². The van der Waals surface area contributed by atoms with Crippen LogP contribution in [0.25, 0.3) is 0 Å². The van der Waals surface area contributed by atoms with Gasteiger partial charge in [0, 0.05) is 18.6 Å². The van der Waals surface area contributed by atoms with Crippen LogP contribution in [0.2, 0.25) is 0 Å². The fourth-order valence-corrected chi connectivity index (χ4v) is 2.19. The molecule has 1 rings (SSSR count). The predicted octanol–water partition coefficient (Wildman–Crippen LogP) is 1.26. The Morgan fingerprint density at radius 3 is 2.56 bits per heavy atom. The van der Waals surface area contributed by atoms with Gasteiger partial charge in [0.2, 0.25) is 0 Å². The molecule has 2 atom stereocenters. The molecule has 1 aliphatic rings. The molecule has 0 aromatic heterocycles. The van der Waals surface area contributed by atoms with Gasteiger partial charge in [-0.1, -0.05) is 13.8 Å². The lowest BCUT2D eigenvalue weighted by molar-refractivity contribution is 0.109. The molecular formula is C13H26N2O3. The van der Waals surface area contributed by atoms with Crippen molar-refractivity contribution < 1.29 is 14.6 Å². The molecule has 0 aliphatic carbocycles. The first kappa shape index (κ1) is 15.2. The lowest BCUT2D eigenvalue weighted by Crippen LogP contribution is -2.48. The number of carbonyl (C=O) groups excluding carboxylic acids is 1. The molecule has 1 heterocycles. The van der Waals surface area contributed by atoms with Crippen LogP contribution >= 0.6 is 0 Å². The molecule has 0 radical (unpaired) electrons. The predicted molar refractivity (Wildman–Crippen MR) is 70.5 cm³/mol. The van der Waals surface area contributed by atoms with Crippen LogP contribution < -0.4 is 10.6 Å². The molecule has 1 fully saturated rings. The second-order valence-corrected chi connectivity index (χ2v) is 5.16. The third-order valence-corrected chi connectivity index (χ3v) is 4.15. The van der Waals surface area contributed by atoms with Crippen LogP contribution in [-0.4, -0.2) is 43.0 Å². The highest BCUT2D eigenvalue weighted by Gasteiger charge is 2.28. The maximum absolute atomic E-state index is 11.8. The number of amides is 2. The van der Waals surface area contributed by atoms with E-state index in [1.165, 1.54) is 0 Å². The number of urea groups is 1. The summed E-state index contributed by atoms with van der Waals surface area (Å²) in [5.41, 5.74) is -0.199. The second kappa shape index (κ2) is 6.95. The van der Waals surface area contributed by atoms with Gasteiger partial charge in [0.05, 0.1) is 18.8 Å². The first-order chi connectivity index (χ1) is 8.56. The maximum Gasteiger partial charge on any atom is 0.315 e. The Morgan fingerprint density at radius 2 is 2.11 bits per heavy atom. The zero-order chi connectivity index (χ0) is 13.6. The largest absolute Gasteiger partial charge is 0.396 e. The van der Waals surface area contributed by atoms with Crippen LogP contribution in [0.15, 0.2) is 0 Å². The molecule has 3 N–H and O–H groups in total. The standard InChI is InChI=1S/C13H26N2O3/c1-4-13(5-2,9-16)8-14-12(17)15-11-6-7-18-10(11)3/h10-11,16H,4-9H2,1-3H3,(H2,14,15,17). The van der Waals surface area contributed by atoms with Crippen molar-refractivity contribution in [2.24, 2.45) is 5.41 Å². The van der Waals surface area contributed by atoms with Gasteiger partial charge in [-0.15, -0.1) is 0 Å². The van der Waals surface area contributed by atoms with Gasteiger partial charge in [0.1, 0.15) is 0 Å². The van der Waals surface area contributed by atoms with Crippen molar-refractivity contribution >= 4 is 6.03 Å². The van der Waals surface area contributed by atoms with E-state index < -0.39 is 0 Å². The van der Waals surface area contributed by atoms with E-state index in [2.05, 4.69) is 10.6 Å². The van der Waals surface area contributed by atoms with Crippen molar-refractivity contribution in [2.45, 2.75) is 52.2 Å². The number of carbonyl (C=O) groups is 1. The van der Waals surface area contributed by atoms with E-state index in [9.17, 15) is 9.90 Å². The van der Waals surface area contributed by atoms with E-state index in [1.54, 1.807) is 0 Å². The van der Waals surface area contributed by atoms with E-state index in [0.717, 1.165) is 19.3 Å². The van der Waals surface area contributed by atoms with E-state index in [1.807, 2.05) is 20.8 Å². The third-order valence-electron chi connectivity index (χ3n) is 4.15. The van der Waals surface area contributed by atoms with Gasteiger partial charge in [0.25, 0.3) is 0 Å². The first-order valence-corrected chi connectivity index (χ1v) is 6.83. The minimum atomic E-state index is -0.199. The number of nitrogens with one attached hydrogen (secondary N) is 2. The van der Waals surface area contributed by atoms with Crippen molar-refractivity contribution in [1.29, 1.82) is 0 Å². The van der Waals surface area contributed by atoms with Crippen LogP contribution in [-0.2, 0) is 4.74 Å². The number of hydrogen-bond acceptors (Lipinski definition) is 3. The van der Waals surface area contributed by atoms with Gasteiger partial charge in [-0.05, 0) is 26.2 Å². The molecular weight excluding hydrogens is 232 g/mol. The van der Waals surface area contributed by atoms with Crippen LogP contribution in [0.4, 0.5) is 4.79 Å². The molecule has 0 aromatic carbocycles. The molecule has 0 saturated carbocycles. The van der Waals surface area contributed by atoms with Crippen molar-refractivity contribution in [2.75, 3.05) is 19.8 Å². The smallest absolute Gasteiger partial charge is 0.315 e. The van der Waals surface area contributed by atoms with Gasteiger partial charge in [-0.25, -0.2) is 4.79 Å². The van der Waals surface area contributed by atoms with Crippen molar-refractivity contribution in [3.05, 3.63) is 0 Å². The minimum Gasteiger partial charge on any atom is -0.396 e. The highest BCUT2D eigenvalue weighted by atomic mass is 16.5. The molecule has 1 aliphatic heterocycles. The highest BCUT2D eigenvalue weighted by molar-refractivity contribution is 5.74. The lowest BCUT2D eigenvalue weighted by Gasteiger charge is -2.30. The first-order valence-electron chi connectivity index (χ1n) is 6.83. The van der Waals surface area contributed by atoms with Crippen LogP contribution in [0.3, 0.4) is 0 Å². The topological polar surface area (TPSA) is 70.6 Å². The molecule has 5 heteroatoms. The third kappa shape index (κ3) is 3.85. The molecule has 18 heavy (non-hydrogen) atoms. The SMILES string of the molecule is CCC(CC)(CO)CNC(=O)NC1CCOC1C. The monoisotopic (exact) mass is 258 g/mol. The fraction of sp³-hybridized carbons (Fsp3) is 0.923. The number of aliphatic hydroxyl groups excluding tert-OH is 1. The highest BCUT2D eigenvalue weighted by Crippen LogP contribution is 2.24. The second-order valence-electron chi connectivity index (χ2n) is 5.16. The van der Waals surface area contributed by atoms with Crippen LogP contribution in [0.1, 0.15) is 40.0 Å². The molecule has 2 unspecified atom stereocenters. The quantitative estimate of drug-likeness (QED) is 0.672. The Hall–Kier alpha value is -0.810. The summed E-state index contributed by atoms with van der Waals surface area (Å²) < 4.78 is 5.39. The normalized spacial score (nSPS) is 24.0. The summed E-state index contributed by atoms with van der Waals surface area (Å²) >= 11 is 0. The van der Waals surface area contributed by atoms with E-state index in [-0.39, 0.29) is 30.2 Å². The summed E-state index contributed by atoms with van der Waals surface area (Å²) in [5, 5.41) is 15.2. The van der Waals surface area contributed by atoms with Gasteiger partial charge in [-0.3, -0.25) is 0 Å². The van der Waals surface area contributed by atoms with Crippen molar-refractivity contribution in [1.82, 2.24) is 10.6 Å². The molecule has 1 saturated heterocycles. The van der Waals surface area contributed by atoms with Crippen molar-refractivity contribution in [3.8, 4) is 0 Å². The zero-order valence-electron chi connectivity index (χ0n) is 11.7. The summed E-state index contributed by atoms with van der Waals surface area (Å²) in [5.74, 6) is 0. The average Bonchev–Trinajstić information content (AvgIpc) is 2.77. The van der Waals surface area contributed by atoms with Crippen molar-refractivity contribution in [3.63, 3.8) is 0 Å². The molecule has 0 aromatic rings. The molecule has 5 nitrogen and oxygen atoms in total. The summed E-state index contributed by atoms with van der Waals surface area (Å²) in [7, 11) is 0. The average molecular weight is 258 g/mol. The van der Waals surface area contributed by atoms with E-state index in [4.69, 9.17) is 4.74 Å². The van der Waals surface area contributed by atoms with E-state index in [0.29, 0.717) is 13.2 Å². The molecule has 2 amide bonds. The summed E-state index contributed by atoms with van der Waals surface area (Å²) in [6, 6.07) is -0.0751. The number of aliphatic hydroxyl groups is 1. The minimum absolute atomic E-state index is 0.0794. The molecule has 106 valence electrons. The number of rotatable bonds is 6. The number of ether oxygens (including phenoxy) is 1. The molecule has 0 bridgehead atoms. The van der Waals surface area contributed by atoms with Gasteiger partial charge in [0.15, 0.2) is 0 Å². The summed E-state index contributed by atoms with van der Waals surface area (Å²) in [6.07, 6.45) is 2.64. The summed E-state index contributed by atoms with van der Waals surface area (Å²) in [6.45, 7) is 7.34. The summed E-state index contributed by atoms with van der Waals surface area (Å²) in [4.78, 5) is 11.8.